The molecule has 0 fully saturated rings. The molecule has 0 heterocycles. The molecule has 2 rings (SSSR count). The van der Waals surface area contributed by atoms with Crippen molar-refractivity contribution in [3.05, 3.63) is 51.5 Å². The van der Waals surface area contributed by atoms with Crippen LogP contribution in [0.2, 0.25) is 10.0 Å². The Balaban J connectivity index is 2.24. The first kappa shape index (κ1) is 21.9. The van der Waals surface area contributed by atoms with E-state index in [0.717, 1.165) is 0 Å². The lowest BCUT2D eigenvalue weighted by atomic mass is 10.1. The first-order chi connectivity index (χ1) is 13.5. The van der Waals surface area contributed by atoms with Crippen LogP contribution in [-0.2, 0) is 0 Å². The molecule has 0 aliphatic carbocycles. The van der Waals surface area contributed by atoms with Gasteiger partial charge in [0.2, 0.25) is 5.75 Å². The van der Waals surface area contributed by atoms with E-state index in [4.69, 9.17) is 37.4 Å². The van der Waals surface area contributed by atoms with Gasteiger partial charge >= 0.3 is 0 Å². The van der Waals surface area contributed by atoms with Crippen molar-refractivity contribution in [2.24, 2.45) is 5.10 Å². The van der Waals surface area contributed by atoms with Gasteiger partial charge in [-0.1, -0.05) is 29.3 Å². The third-order valence-corrected chi connectivity index (χ3v) is 4.07. The number of amides is 1. The van der Waals surface area contributed by atoms with E-state index in [0.29, 0.717) is 58.2 Å². The molecule has 0 bridgehead atoms. The van der Waals surface area contributed by atoms with Gasteiger partial charge in [-0.25, -0.2) is 5.43 Å². The zero-order valence-electron chi connectivity index (χ0n) is 15.9. The van der Waals surface area contributed by atoms with Crippen molar-refractivity contribution in [1.29, 1.82) is 0 Å². The molecule has 0 aliphatic rings. The minimum atomic E-state index is -0.425. The van der Waals surface area contributed by atoms with E-state index in [1.807, 2.05) is 20.8 Å². The number of nitrogens with one attached hydrogen (secondary N) is 1. The van der Waals surface area contributed by atoms with E-state index >= 15 is 0 Å². The maximum absolute atomic E-state index is 12.5. The summed E-state index contributed by atoms with van der Waals surface area (Å²) in [6.45, 7) is 6.85. The van der Waals surface area contributed by atoms with Crippen molar-refractivity contribution >= 4 is 35.3 Å². The summed E-state index contributed by atoms with van der Waals surface area (Å²) in [6, 6.07) is 8.18. The van der Waals surface area contributed by atoms with Crippen LogP contribution in [-0.4, -0.2) is 31.9 Å². The SMILES string of the molecule is CCOc1cc(C(=O)N/N=C/c2ccc(Cl)cc2Cl)cc(OCC)c1OCC. The number of halogens is 2. The largest absolute Gasteiger partial charge is 0.490 e. The summed E-state index contributed by atoms with van der Waals surface area (Å²) in [7, 11) is 0. The highest BCUT2D eigenvalue weighted by Gasteiger charge is 2.18. The maximum Gasteiger partial charge on any atom is 0.271 e. The quantitative estimate of drug-likeness (QED) is 0.456. The van der Waals surface area contributed by atoms with Crippen molar-refractivity contribution in [1.82, 2.24) is 5.43 Å². The van der Waals surface area contributed by atoms with Crippen LogP contribution in [0.25, 0.3) is 0 Å². The Kier molecular flexibility index (Phi) is 8.42. The molecule has 0 aliphatic heterocycles. The van der Waals surface area contributed by atoms with Crippen LogP contribution in [0.5, 0.6) is 17.2 Å². The van der Waals surface area contributed by atoms with Gasteiger partial charge in [0.15, 0.2) is 11.5 Å². The minimum absolute atomic E-state index is 0.328. The third kappa shape index (κ3) is 5.78. The monoisotopic (exact) mass is 424 g/mol. The summed E-state index contributed by atoms with van der Waals surface area (Å²) >= 11 is 11.9. The van der Waals surface area contributed by atoms with E-state index in [2.05, 4.69) is 10.5 Å². The smallest absolute Gasteiger partial charge is 0.271 e. The molecule has 0 saturated carbocycles. The van der Waals surface area contributed by atoms with Crippen LogP contribution >= 0.6 is 23.2 Å². The first-order valence-electron chi connectivity index (χ1n) is 8.85. The molecule has 150 valence electrons. The molecule has 2 aromatic carbocycles. The predicted octanol–water partition coefficient (Wildman–Crippen LogP) is 4.95. The molecule has 0 unspecified atom stereocenters. The van der Waals surface area contributed by atoms with Gasteiger partial charge in [0, 0.05) is 16.1 Å². The fraction of sp³-hybridized carbons (Fsp3) is 0.300. The highest BCUT2D eigenvalue weighted by atomic mass is 35.5. The van der Waals surface area contributed by atoms with Gasteiger partial charge in [0.1, 0.15) is 0 Å². The standard InChI is InChI=1S/C20H22Cl2N2O4/c1-4-26-17-9-14(10-18(27-5-2)19(17)28-6-3)20(25)24-23-12-13-7-8-15(21)11-16(13)22/h7-12H,4-6H2,1-3H3,(H,24,25)/b23-12+. The Morgan fingerprint density at radius 3 is 2.14 bits per heavy atom. The Morgan fingerprint density at radius 1 is 1.00 bits per heavy atom. The summed E-state index contributed by atoms with van der Waals surface area (Å²) in [5.41, 5.74) is 3.42. The molecular formula is C20H22Cl2N2O4. The van der Waals surface area contributed by atoms with Gasteiger partial charge in [0.05, 0.1) is 31.1 Å². The Hall–Kier alpha value is -2.44. The molecule has 8 heteroatoms. The molecule has 28 heavy (non-hydrogen) atoms. The maximum atomic E-state index is 12.5. The number of hydrogen-bond donors (Lipinski definition) is 1. The second kappa shape index (κ2) is 10.8. The highest BCUT2D eigenvalue weighted by molar-refractivity contribution is 6.36. The summed E-state index contributed by atoms with van der Waals surface area (Å²) in [5.74, 6) is 0.917. The molecule has 0 atom stereocenters. The van der Waals surface area contributed by atoms with Gasteiger partial charge in [-0.05, 0) is 45.0 Å². The van der Waals surface area contributed by atoms with Crippen molar-refractivity contribution < 1.29 is 19.0 Å². The van der Waals surface area contributed by atoms with Crippen LogP contribution in [0.4, 0.5) is 0 Å². The fourth-order valence-electron chi connectivity index (χ4n) is 2.35. The number of benzene rings is 2. The van der Waals surface area contributed by atoms with Crippen LogP contribution in [0.1, 0.15) is 36.7 Å². The van der Waals surface area contributed by atoms with Gasteiger partial charge in [-0.2, -0.15) is 5.10 Å². The van der Waals surface area contributed by atoms with Crippen LogP contribution in [0, 0.1) is 0 Å². The summed E-state index contributed by atoms with van der Waals surface area (Å²) in [5, 5.41) is 4.91. The molecule has 1 amide bonds. The Labute approximate surface area is 174 Å². The lowest BCUT2D eigenvalue weighted by Gasteiger charge is -2.16. The van der Waals surface area contributed by atoms with Gasteiger partial charge < -0.3 is 14.2 Å². The summed E-state index contributed by atoms with van der Waals surface area (Å²) < 4.78 is 16.9. The predicted molar refractivity (Wildman–Crippen MR) is 111 cm³/mol. The average Bonchev–Trinajstić information content (AvgIpc) is 2.66. The van der Waals surface area contributed by atoms with Gasteiger partial charge in [-0.3, -0.25) is 4.79 Å². The van der Waals surface area contributed by atoms with E-state index < -0.39 is 5.91 Å². The molecule has 6 nitrogen and oxygen atoms in total. The van der Waals surface area contributed by atoms with Crippen molar-refractivity contribution in [3.63, 3.8) is 0 Å². The van der Waals surface area contributed by atoms with Crippen LogP contribution in [0.3, 0.4) is 0 Å². The van der Waals surface area contributed by atoms with Gasteiger partial charge in [0.25, 0.3) is 5.91 Å². The number of carbonyl (C=O) groups excluding carboxylic acids is 1. The topological polar surface area (TPSA) is 69.2 Å². The van der Waals surface area contributed by atoms with E-state index in [1.165, 1.54) is 6.21 Å². The molecule has 0 aromatic heterocycles. The molecule has 1 N–H and O–H groups in total. The summed E-state index contributed by atoms with van der Waals surface area (Å²) in [6.07, 6.45) is 1.44. The lowest BCUT2D eigenvalue weighted by Crippen LogP contribution is -2.18. The molecule has 0 saturated heterocycles. The third-order valence-electron chi connectivity index (χ3n) is 3.50. The van der Waals surface area contributed by atoms with Crippen LogP contribution in [0.15, 0.2) is 35.4 Å². The Bertz CT molecular complexity index is 829. The summed E-state index contributed by atoms with van der Waals surface area (Å²) in [4.78, 5) is 12.5. The van der Waals surface area contributed by atoms with Crippen molar-refractivity contribution in [2.45, 2.75) is 20.8 Å². The number of carbonyl (C=O) groups is 1. The van der Waals surface area contributed by atoms with E-state index in [-0.39, 0.29) is 0 Å². The van der Waals surface area contributed by atoms with Crippen molar-refractivity contribution in [3.8, 4) is 17.2 Å². The normalized spacial score (nSPS) is 10.8. The highest BCUT2D eigenvalue weighted by Crippen LogP contribution is 2.39. The Morgan fingerprint density at radius 2 is 1.61 bits per heavy atom. The van der Waals surface area contributed by atoms with Gasteiger partial charge in [-0.15, -0.1) is 0 Å². The molecular weight excluding hydrogens is 403 g/mol. The number of ether oxygens (including phenoxy) is 3. The molecule has 0 spiro atoms. The molecule has 0 radical (unpaired) electrons. The van der Waals surface area contributed by atoms with E-state index in [9.17, 15) is 4.79 Å². The first-order valence-corrected chi connectivity index (χ1v) is 9.60. The van der Waals surface area contributed by atoms with Crippen molar-refractivity contribution in [2.75, 3.05) is 19.8 Å². The minimum Gasteiger partial charge on any atom is -0.490 e. The molecule has 2 aromatic rings. The zero-order valence-corrected chi connectivity index (χ0v) is 17.4. The number of rotatable bonds is 9. The lowest BCUT2D eigenvalue weighted by molar-refractivity contribution is 0.0954. The zero-order chi connectivity index (χ0) is 20.5. The average molecular weight is 425 g/mol. The second-order valence-electron chi connectivity index (χ2n) is 5.47. The fourth-order valence-corrected chi connectivity index (χ4v) is 2.81. The number of nitrogens with zero attached hydrogens (tertiary/aromatic N) is 1. The van der Waals surface area contributed by atoms with E-state index in [1.54, 1.807) is 30.3 Å². The number of hydrogen-bond acceptors (Lipinski definition) is 5. The van der Waals surface area contributed by atoms with Crippen LogP contribution < -0.4 is 19.6 Å². The second-order valence-corrected chi connectivity index (χ2v) is 6.31. The number of hydrazone groups is 1.